The Kier molecular flexibility index (Phi) is 3.98. The second-order valence-corrected chi connectivity index (χ2v) is 4.98. The van der Waals surface area contributed by atoms with Crippen molar-refractivity contribution in [3.63, 3.8) is 0 Å². The fraction of sp³-hybridized carbons (Fsp3) is 0.308. The molecule has 4 heteroatoms. The van der Waals surface area contributed by atoms with Gasteiger partial charge in [0.2, 0.25) is 0 Å². The smallest absolute Gasteiger partial charge is 0.169 e. The van der Waals surface area contributed by atoms with E-state index in [1.807, 2.05) is 32.0 Å². The van der Waals surface area contributed by atoms with E-state index in [0.717, 1.165) is 18.1 Å². The van der Waals surface area contributed by atoms with E-state index in [0.29, 0.717) is 0 Å². The normalized spacial score (nSPS) is 10.5. The van der Waals surface area contributed by atoms with Gasteiger partial charge in [-0.25, -0.2) is 4.98 Å². The van der Waals surface area contributed by atoms with Crippen LogP contribution in [0.2, 0.25) is 0 Å². The molecule has 0 saturated carbocycles. The van der Waals surface area contributed by atoms with Gasteiger partial charge in [-0.2, -0.15) is 0 Å². The topological polar surface area (TPSA) is 34.1 Å². The SMILES string of the molecule is CC(C)Oc1cccnc1NCc1cccs1. The molecule has 0 radical (unpaired) electrons. The summed E-state index contributed by atoms with van der Waals surface area (Å²) in [4.78, 5) is 5.58. The fourth-order valence-corrected chi connectivity index (χ4v) is 2.10. The molecule has 0 aromatic carbocycles. The number of nitrogens with one attached hydrogen (secondary N) is 1. The van der Waals surface area contributed by atoms with E-state index in [-0.39, 0.29) is 6.10 Å². The van der Waals surface area contributed by atoms with E-state index in [1.54, 1.807) is 17.5 Å². The molecule has 2 rings (SSSR count). The molecule has 0 amide bonds. The van der Waals surface area contributed by atoms with Gasteiger partial charge in [-0.15, -0.1) is 11.3 Å². The van der Waals surface area contributed by atoms with Gasteiger partial charge in [0.15, 0.2) is 11.6 Å². The van der Waals surface area contributed by atoms with Crippen LogP contribution in [0.25, 0.3) is 0 Å². The lowest BCUT2D eigenvalue weighted by Gasteiger charge is -2.13. The average molecular weight is 248 g/mol. The lowest BCUT2D eigenvalue weighted by Crippen LogP contribution is -2.09. The number of aromatic nitrogens is 1. The minimum atomic E-state index is 0.154. The minimum absolute atomic E-state index is 0.154. The Labute approximate surface area is 105 Å². The highest BCUT2D eigenvalue weighted by Gasteiger charge is 2.06. The Balaban J connectivity index is 2.04. The first-order chi connectivity index (χ1) is 8.25. The summed E-state index contributed by atoms with van der Waals surface area (Å²) in [5, 5.41) is 5.37. The van der Waals surface area contributed by atoms with E-state index in [4.69, 9.17) is 4.74 Å². The molecule has 3 nitrogen and oxygen atoms in total. The molecule has 90 valence electrons. The maximum atomic E-state index is 5.69. The van der Waals surface area contributed by atoms with Gasteiger partial charge < -0.3 is 10.1 Å². The van der Waals surface area contributed by atoms with Crippen LogP contribution in [0.4, 0.5) is 5.82 Å². The zero-order valence-electron chi connectivity index (χ0n) is 10.0. The van der Waals surface area contributed by atoms with Gasteiger partial charge in [-0.05, 0) is 37.4 Å². The number of hydrogen-bond donors (Lipinski definition) is 1. The lowest BCUT2D eigenvalue weighted by molar-refractivity contribution is 0.243. The van der Waals surface area contributed by atoms with Crippen LogP contribution in [0.1, 0.15) is 18.7 Å². The molecular weight excluding hydrogens is 232 g/mol. The number of pyridine rings is 1. The molecule has 2 aromatic rings. The van der Waals surface area contributed by atoms with Gasteiger partial charge >= 0.3 is 0 Å². The Morgan fingerprint density at radius 1 is 1.35 bits per heavy atom. The summed E-state index contributed by atoms with van der Waals surface area (Å²) in [5.41, 5.74) is 0. The van der Waals surface area contributed by atoms with Gasteiger partial charge in [0, 0.05) is 11.1 Å². The van der Waals surface area contributed by atoms with Gasteiger partial charge in [0.25, 0.3) is 0 Å². The molecular formula is C13H16N2OS. The van der Waals surface area contributed by atoms with Crippen LogP contribution in [-0.2, 0) is 6.54 Å². The largest absolute Gasteiger partial charge is 0.487 e. The molecule has 2 heterocycles. The fourth-order valence-electron chi connectivity index (χ4n) is 1.46. The van der Waals surface area contributed by atoms with E-state index in [1.165, 1.54) is 4.88 Å². The molecule has 0 aliphatic carbocycles. The van der Waals surface area contributed by atoms with Gasteiger partial charge in [0.1, 0.15) is 0 Å². The molecule has 0 unspecified atom stereocenters. The maximum absolute atomic E-state index is 5.69. The summed E-state index contributed by atoms with van der Waals surface area (Å²) >= 11 is 1.73. The predicted molar refractivity (Wildman–Crippen MR) is 71.6 cm³/mol. The van der Waals surface area contributed by atoms with Crippen LogP contribution in [0.15, 0.2) is 35.8 Å². The molecule has 1 N–H and O–H groups in total. The quantitative estimate of drug-likeness (QED) is 0.878. The summed E-state index contributed by atoms with van der Waals surface area (Å²) in [5.74, 6) is 1.61. The summed E-state index contributed by atoms with van der Waals surface area (Å²) in [6.07, 6.45) is 1.92. The van der Waals surface area contributed by atoms with Crippen LogP contribution in [-0.4, -0.2) is 11.1 Å². The predicted octanol–water partition coefficient (Wildman–Crippen LogP) is 3.54. The summed E-state index contributed by atoms with van der Waals surface area (Å²) < 4.78 is 5.69. The zero-order valence-corrected chi connectivity index (χ0v) is 10.8. The first kappa shape index (κ1) is 11.9. The highest BCUT2D eigenvalue weighted by molar-refractivity contribution is 7.09. The van der Waals surface area contributed by atoms with Crippen molar-refractivity contribution in [2.45, 2.75) is 26.5 Å². The average Bonchev–Trinajstić information content (AvgIpc) is 2.80. The molecule has 0 fully saturated rings. The third kappa shape index (κ3) is 3.46. The minimum Gasteiger partial charge on any atom is -0.487 e. The van der Waals surface area contributed by atoms with Crippen molar-refractivity contribution in [2.24, 2.45) is 0 Å². The van der Waals surface area contributed by atoms with Crippen molar-refractivity contribution in [1.29, 1.82) is 0 Å². The Morgan fingerprint density at radius 2 is 2.24 bits per heavy atom. The van der Waals surface area contributed by atoms with Crippen LogP contribution < -0.4 is 10.1 Å². The van der Waals surface area contributed by atoms with Crippen LogP contribution in [0.5, 0.6) is 5.75 Å². The molecule has 0 saturated heterocycles. The monoisotopic (exact) mass is 248 g/mol. The number of thiophene rings is 1. The molecule has 0 bridgehead atoms. The van der Waals surface area contributed by atoms with Crippen molar-refractivity contribution >= 4 is 17.2 Å². The number of hydrogen-bond acceptors (Lipinski definition) is 4. The van der Waals surface area contributed by atoms with Crippen molar-refractivity contribution in [3.8, 4) is 5.75 Å². The van der Waals surface area contributed by atoms with Gasteiger partial charge in [0.05, 0.1) is 12.6 Å². The van der Waals surface area contributed by atoms with E-state index in [9.17, 15) is 0 Å². The van der Waals surface area contributed by atoms with Crippen molar-refractivity contribution in [1.82, 2.24) is 4.98 Å². The number of rotatable bonds is 5. The number of anilines is 1. The molecule has 2 aromatic heterocycles. The summed E-state index contributed by atoms with van der Waals surface area (Å²) in [6.45, 7) is 4.80. The van der Waals surface area contributed by atoms with Crippen molar-refractivity contribution in [2.75, 3.05) is 5.32 Å². The van der Waals surface area contributed by atoms with Gasteiger partial charge in [-0.3, -0.25) is 0 Å². The summed E-state index contributed by atoms with van der Waals surface area (Å²) in [7, 11) is 0. The Bertz CT molecular complexity index is 454. The number of nitrogens with zero attached hydrogens (tertiary/aromatic N) is 1. The van der Waals surface area contributed by atoms with Crippen LogP contribution >= 0.6 is 11.3 Å². The summed E-state index contributed by atoms with van der Waals surface area (Å²) in [6, 6.07) is 7.97. The first-order valence-electron chi connectivity index (χ1n) is 5.63. The molecule has 0 aliphatic heterocycles. The Morgan fingerprint density at radius 3 is 2.94 bits per heavy atom. The second kappa shape index (κ2) is 5.68. The number of ether oxygens (including phenoxy) is 1. The molecule has 0 aliphatic rings. The molecule has 17 heavy (non-hydrogen) atoms. The van der Waals surface area contributed by atoms with E-state index < -0.39 is 0 Å². The van der Waals surface area contributed by atoms with Gasteiger partial charge in [-0.1, -0.05) is 6.07 Å². The zero-order chi connectivity index (χ0) is 12.1. The van der Waals surface area contributed by atoms with E-state index in [2.05, 4.69) is 21.7 Å². The molecule has 0 atom stereocenters. The second-order valence-electron chi connectivity index (χ2n) is 3.95. The lowest BCUT2D eigenvalue weighted by atomic mass is 10.4. The van der Waals surface area contributed by atoms with Crippen LogP contribution in [0.3, 0.4) is 0 Å². The third-order valence-electron chi connectivity index (χ3n) is 2.14. The third-order valence-corrected chi connectivity index (χ3v) is 3.02. The van der Waals surface area contributed by atoms with E-state index >= 15 is 0 Å². The highest BCUT2D eigenvalue weighted by atomic mass is 32.1. The Hall–Kier alpha value is -1.55. The van der Waals surface area contributed by atoms with Crippen molar-refractivity contribution < 1.29 is 4.74 Å². The van der Waals surface area contributed by atoms with Crippen molar-refractivity contribution in [3.05, 3.63) is 40.7 Å². The maximum Gasteiger partial charge on any atom is 0.169 e. The highest BCUT2D eigenvalue weighted by Crippen LogP contribution is 2.23. The standard InChI is InChI=1S/C13H16N2OS/c1-10(2)16-12-6-3-7-14-13(12)15-9-11-5-4-8-17-11/h3-8,10H,9H2,1-2H3,(H,14,15). The first-order valence-corrected chi connectivity index (χ1v) is 6.51. The molecule has 0 spiro atoms. The van der Waals surface area contributed by atoms with Crippen LogP contribution in [0, 0.1) is 0 Å².